The summed E-state index contributed by atoms with van der Waals surface area (Å²) >= 11 is 0. The highest BCUT2D eigenvalue weighted by Gasteiger charge is 2.19. The standard InChI is InChI=1S/C23H31N3O6/c1-5-9-10-16(6-2)15-31-23(29)32-20-13-17(12-19(25-30)21(20)27)11-18(14-24)22(28)26(7-3)8-4/h11-13,16,27H,5-10,15H2,1-4H3/b18-11-. The van der Waals surface area contributed by atoms with Gasteiger partial charge in [-0.15, -0.1) is 4.91 Å². The topological polar surface area (TPSA) is 129 Å². The zero-order valence-corrected chi connectivity index (χ0v) is 19.1. The first-order valence-corrected chi connectivity index (χ1v) is 10.8. The van der Waals surface area contributed by atoms with Crippen LogP contribution in [0.4, 0.5) is 10.5 Å². The van der Waals surface area contributed by atoms with Gasteiger partial charge in [-0.05, 0) is 55.1 Å². The van der Waals surface area contributed by atoms with E-state index in [0.29, 0.717) is 13.1 Å². The van der Waals surface area contributed by atoms with Crippen LogP contribution in [0.5, 0.6) is 11.5 Å². The van der Waals surface area contributed by atoms with Gasteiger partial charge in [0, 0.05) is 13.1 Å². The summed E-state index contributed by atoms with van der Waals surface area (Å²) in [6.45, 7) is 8.67. The van der Waals surface area contributed by atoms with Crippen LogP contribution in [-0.2, 0) is 9.53 Å². The molecule has 1 rings (SSSR count). The van der Waals surface area contributed by atoms with Gasteiger partial charge in [0.1, 0.15) is 11.6 Å². The Hall–Kier alpha value is -3.41. The SMILES string of the molecule is CCCCC(CC)COC(=O)Oc1cc(/C=C(/C#N)C(=O)N(CC)CC)cc(N=O)c1O. The summed E-state index contributed by atoms with van der Waals surface area (Å²) in [6.07, 6.45) is 4.03. The minimum atomic E-state index is -1.03. The average Bonchev–Trinajstić information content (AvgIpc) is 2.80. The molecule has 9 heteroatoms. The third-order valence-corrected chi connectivity index (χ3v) is 5.06. The third kappa shape index (κ3) is 7.69. The van der Waals surface area contributed by atoms with E-state index in [2.05, 4.69) is 12.1 Å². The largest absolute Gasteiger partial charge is 0.513 e. The molecule has 0 aliphatic carbocycles. The van der Waals surface area contributed by atoms with E-state index >= 15 is 0 Å². The predicted octanol–water partition coefficient (Wildman–Crippen LogP) is 5.30. The Balaban J connectivity index is 3.11. The lowest BCUT2D eigenvalue weighted by molar-refractivity contribution is -0.126. The van der Waals surface area contributed by atoms with Gasteiger partial charge in [-0.3, -0.25) is 4.79 Å². The average molecular weight is 446 g/mol. The molecule has 1 unspecified atom stereocenters. The third-order valence-electron chi connectivity index (χ3n) is 5.06. The van der Waals surface area contributed by atoms with Gasteiger partial charge in [0.2, 0.25) is 0 Å². The number of phenolic OH excluding ortho intramolecular Hbond substituents is 1. The number of nitroso groups, excluding NO2 is 1. The zero-order valence-electron chi connectivity index (χ0n) is 19.1. The molecule has 0 heterocycles. The first-order valence-electron chi connectivity index (χ1n) is 10.8. The number of carbonyl (C=O) groups is 2. The number of likely N-dealkylation sites (N-methyl/N-ethyl adjacent to an activating group) is 1. The molecule has 32 heavy (non-hydrogen) atoms. The Labute approximate surface area is 188 Å². The van der Waals surface area contributed by atoms with Gasteiger partial charge >= 0.3 is 6.16 Å². The summed E-state index contributed by atoms with van der Waals surface area (Å²) in [5.41, 5.74) is -0.387. The van der Waals surface area contributed by atoms with Crippen molar-refractivity contribution in [1.82, 2.24) is 4.90 Å². The second-order valence-electron chi connectivity index (χ2n) is 7.20. The van der Waals surface area contributed by atoms with Crippen molar-refractivity contribution in [1.29, 1.82) is 5.26 Å². The first-order chi connectivity index (χ1) is 15.3. The van der Waals surface area contributed by atoms with E-state index < -0.39 is 23.5 Å². The molecule has 174 valence electrons. The summed E-state index contributed by atoms with van der Waals surface area (Å²) in [6, 6.07) is 4.25. The number of ether oxygens (including phenoxy) is 2. The van der Waals surface area contributed by atoms with Gasteiger partial charge in [-0.25, -0.2) is 4.79 Å². The minimum Gasteiger partial charge on any atom is -0.503 e. The molecule has 1 atom stereocenters. The van der Waals surface area contributed by atoms with E-state index in [1.54, 1.807) is 13.8 Å². The Morgan fingerprint density at radius 1 is 1.25 bits per heavy atom. The normalized spacial score (nSPS) is 11.9. The fourth-order valence-corrected chi connectivity index (χ4v) is 3.04. The van der Waals surface area contributed by atoms with Crippen LogP contribution in [0.1, 0.15) is 58.9 Å². The Kier molecular flexibility index (Phi) is 11.5. The number of hydrogen-bond donors (Lipinski definition) is 1. The van der Waals surface area contributed by atoms with Crippen LogP contribution in [0.2, 0.25) is 0 Å². The van der Waals surface area contributed by atoms with Crippen molar-refractivity contribution in [3.05, 3.63) is 28.2 Å². The predicted molar refractivity (Wildman–Crippen MR) is 120 cm³/mol. The number of hydrogen-bond acceptors (Lipinski definition) is 8. The van der Waals surface area contributed by atoms with Crippen molar-refractivity contribution in [2.75, 3.05) is 19.7 Å². The van der Waals surface area contributed by atoms with Gasteiger partial charge in [-0.1, -0.05) is 33.1 Å². The highest BCUT2D eigenvalue weighted by atomic mass is 16.7. The zero-order chi connectivity index (χ0) is 24.1. The minimum absolute atomic E-state index is 0.172. The quantitative estimate of drug-likeness (QED) is 0.152. The highest BCUT2D eigenvalue weighted by molar-refractivity contribution is 6.01. The molecule has 0 radical (unpaired) electrons. The number of carbonyl (C=O) groups excluding carboxylic acids is 2. The van der Waals surface area contributed by atoms with E-state index in [1.807, 2.05) is 13.0 Å². The number of rotatable bonds is 12. The monoisotopic (exact) mass is 445 g/mol. The molecule has 0 aliphatic rings. The second-order valence-corrected chi connectivity index (χ2v) is 7.20. The number of phenols is 1. The maximum absolute atomic E-state index is 12.5. The molecule has 9 nitrogen and oxygen atoms in total. The molecule has 0 saturated heterocycles. The summed E-state index contributed by atoms with van der Waals surface area (Å²) in [7, 11) is 0. The second kappa shape index (κ2) is 13.8. The lowest BCUT2D eigenvalue weighted by Gasteiger charge is -2.17. The summed E-state index contributed by atoms with van der Waals surface area (Å²) in [5.74, 6) is -1.28. The number of nitriles is 1. The number of amides is 1. The first kappa shape index (κ1) is 26.6. The van der Waals surface area contributed by atoms with Crippen LogP contribution in [0.3, 0.4) is 0 Å². The molecular formula is C23H31N3O6. The molecule has 0 fully saturated rings. The van der Waals surface area contributed by atoms with Crippen LogP contribution in [-0.4, -0.2) is 41.8 Å². The lowest BCUT2D eigenvalue weighted by Crippen LogP contribution is -2.31. The van der Waals surface area contributed by atoms with E-state index in [1.165, 1.54) is 23.1 Å². The van der Waals surface area contributed by atoms with Crippen molar-refractivity contribution in [3.8, 4) is 17.6 Å². The maximum Gasteiger partial charge on any atom is 0.513 e. The van der Waals surface area contributed by atoms with E-state index in [9.17, 15) is 24.9 Å². The Morgan fingerprint density at radius 2 is 1.94 bits per heavy atom. The summed E-state index contributed by atoms with van der Waals surface area (Å²) < 4.78 is 10.2. The van der Waals surface area contributed by atoms with Crippen LogP contribution >= 0.6 is 0 Å². The molecule has 1 aromatic rings. The van der Waals surface area contributed by atoms with E-state index in [4.69, 9.17) is 9.47 Å². The van der Waals surface area contributed by atoms with Crippen molar-refractivity contribution in [2.24, 2.45) is 11.1 Å². The van der Waals surface area contributed by atoms with E-state index in [0.717, 1.165) is 25.7 Å². The fraction of sp³-hybridized carbons (Fsp3) is 0.522. The van der Waals surface area contributed by atoms with E-state index in [-0.39, 0.29) is 29.4 Å². The number of unbranched alkanes of at least 4 members (excludes halogenated alkanes) is 1. The van der Waals surface area contributed by atoms with Crippen molar-refractivity contribution < 1.29 is 24.2 Å². The number of nitrogens with zero attached hydrogens (tertiary/aromatic N) is 3. The van der Waals surface area contributed by atoms with Gasteiger partial charge in [0.05, 0.1) is 6.61 Å². The molecule has 1 amide bonds. The van der Waals surface area contributed by atoms with Gasteiger partial charge in [0.25, 0.3) is 5.91 Å². The highest BCUT2D eigenvalue weighted by Crippen LogP contribution is 2.38. The summed E-state index contributed by atoms with van der Waals surface area (Å²) in [5, 5.41) is 22.3. The molecule has 0 spiro atoms. The van der Waals surface area contributed by atoms with Gasteiger partial charge in [-0.2, -0.15) is 5.26 Å². The molecular weight excluding hydrogens is 414 g/mol. The smallest absolute Gasteiger partial charge is 0.503 e. The molecule has 0 aliphatic heterocycles. The maximum atomic E-state index is 12.5. The van der Waals surface area contributed by atoms with Crippen LogP contribution in [0.25, 0.3) is 6.08 Å². The van der Waals surface area contributed by atoms with Crippen molar-refractivity contribution >= 4 is 23.8 Å². The fourth-order valence-electron chi connectivity index (χ4n) is 3.04. The number of benzene rings is 1. The van der Waals surface area contributed by atoms with Gasteiger partial charge < -0.3 is 19.5 Å². The van der Waals surface area contributed by atoms with Gasteiger partial charge in [0.15, 0.2) is 17.2 Å². The van der Waals surface area contributed by atoms with Crippen molar-refractivity contribution in [3.63, 3.8) is 0 Å². The molecule has 0 aromatic heterocycles. The van der Waals surface area contributed by atoms with Crippen molar-refractivity contribution in [2.45, 2.75) is 53.4 Å². The summed E-state index contributed by atoms with van der Waals surface area (Å²) in [4.78, 5) is 37.2. The molecule has 1 N–H and O–H groups in total. The molecule has 0 saturated carbocycles. The Bertz CT molecular complexity index is 871. The van der Waals surface area contributed by atoms with Crippen LogP contribution < -0.4 is 4.74 Å². The van der Waals surface area contributed by atoms with Crippen LogP contribution in [0, 0.1) is 22.2 Å². The molecule has 1 aromatic carbocycles. The van der Waals surface area contributed by atoms with Crippen LogP contribution in [0.15, 0.2) is 22.9 Å². The molecule has 0 bridgehead atoms. The number of aromatic hydroxyl groups is 1. The lowest BCUT2D eigenvalue weighted by atomic mass is 10.0. The Morgan fingerprint density at radius 3 is 2.47 bits per heavy atom.